The minimum Gasteiger partial charge on any atom is -0.482 e. The molecule has 1 saturated carbocycles. The first kappa shape index (κ1) is 18.7. The summed E-state index contributed by atoms with van der Waals surface area (Å²) in [6.45, 7) is 0.443. The van der Waals surface area contributed by atoms with E-state index >= 15 is 0 Å². The molecule has 1 aromatic rings. The molecule has 0 aromatic heterocycles. The molecule has 0 unspecified atom stereocenters. The molecule has 0 aliphatic heterocycles. The molecule has 0 saturated heterocycles. The molecule has 8 heteroatoms. The van der Waals surface area contributed by atoms with Crippen molar-refractivity contribution in [2.45, 2.75) is 44.2 Å². The van der Waals surface area contributed by atoms with E-state index in [4.69, 9.17) is 26.8 Å². The molecule has 0 atom stereocenters. The third-order valence-corrected chi connectivity index (χ3v) is 4.47. The lowest BCUT2D eigenvalue weighted by Gasteiger charge is -2.28. The van der Waals surface area contributed by atoms with Gasteiger partial charge in [-0.2, -0.15) is 13.2 Å². The fraction of sp³-hybridized carbons (Fsp3) is 0.562. The normalized spacial score (nSPS) is 16.9. The van der Waals surface area contributed by atoms with Gasteiger partial charge in [0.1, 0.15) is 5.75 Å². The second-order valence-electron chi connectivity index (χ2n) is 5.78. The van der Waals surface area contributed by atoms with Crippen LogP contribution < -0.4 is 10.5 Å². The van der Waals surface area contributed by atoms with E-state index in [0.717, 1.165) is 12.8 Å². The summed E-state index contributed by atoms with van der Waals surface area (Å²) >= 11 is 6.05. The molecule has 4 nitrogen and oxygen atoms in total. The van der Waals surface area contributed by atoms with Crippen LogP contribution >= 0.6 is 11.6 Å². The van der Waals surface area contributed by atoms with Crippen LogP contribution in [0.3, 0.4) is 0 Å². The first-order chi connectivity index (χ1) is 11.2. The van der Waals surface area contributed by atoms with Crippen LogP contribution in [0.25, 0.3) is 0 Å². The van der Waals surface area contributed by atoms with Crippen LogP contribution in [0.5, 0.6) is 5.75 Å². The van der Waals surface area contributed by atoms with Gasteiger partial charge in [-0.3, -0.25) is 4.79 Å². The zero-order valence-electron chi connectivity index (χ0n) is 13.2. The molecule has 2 rings (SSSR count). The number of halogens is 4. The summed E-state index contributed by atoms with van der Waals surface area (Å²) in [6.07, 6.45) is -1.77. The van der Waals surface area contributed by atoms with Crippen molar-refractivity contribution in [2.24, 2.45) is 0 Å². The van der Waals surface area contributed by atoms with E-state index in [9.17, 15) is 18.0 Å². The van der Waals surface area contributed by atoms with Gasteiger partial charge in [0, 0.05) is 0 Å². The minimum atomic E-state index is -4.50. The Hall–Kier alpha value is -1.63. The number of alkyl halides is 3. The smallest absolute Gasteiger partial charge is 0.422 e. The fourth-order valence-electron chi connectivity index (χ4n) is 3.01. The SMILES string of the molecule is CCOC(=O)C1(c2cc(Cl)c(N)c(OCC(F)(F)F)c2)CCCC1. The average Bonchev–Trinajstić information content (AvgIpc) is 2.99. The van der Waals surface area contributed by atoms with Gasteiger partial charge >= 0.3 is 12.1 Å². The molecule has 134 valence electrons. The molecule has 0 radical (unpaired) electrons. The van der Waals surface area contributed by atoms with Crippen LogP contribution in [0.15, 0.2) is 12.1 Å². The Bertz CT molecular complexity index is 613. The largest absolute Gasteiger partial charge is 0.482 e. The van der Waals surface area contributed by atoms with Crippen molar-refractivity contribution in [3.05, 3.63) is 22.7 Å². The number of carbonyl (C=O) groups excluding carboxylic acids is 1. The van der Waals surface area contributed by atoms with Gasteiger partial charge in [0.25, 0.3) is 0 Å². The first-order valence-electron chi connectivity index (χ1n) is 7.66. The monoisotopic (exact) mass is 365 g/mol. The van der Waals surface area contributed by atoms with E-state index in [1.807, 2.05) is 0 Å². The quantitative estimate of drug-likeness (QED) is 0.626. The lowest BCUT2D eigenvalue weighted by Crippen LogP contribution is -2.35. The first-order valence-corrected chi connectivity index (χ1v) is 8.03. The van der Waals surface area contributed by atoms with Crippen molar-refractivity contribution >= 4 is 23.3 Å². The number of esters is 1. The molecular formula is C16H19ClF3NO3. The maximum Gasteiger partial charge on any atom is 0.422 e. The van der Waals surface area contributed by atoms with Gasteiger partial charge in [0.15, 0.2) is 6.61 Å². The predicted molar refractivity (Wildman–Crippen MR) is 84.2 cm³/mol. The third-order valence-electron chi connectivity index (χ3n) is 4.16. The summed E-state index contributed by atoms with van der Waals surface area (Å²) in [6, 6.07) is 2.88. The van der Waals surface area contributed by atoms with Crippen LogP contribution in [-0.2, 0) is 14.9 Å². The van der Waals surface area contributed by atoms with Gasteiger partial charge < -0.3 is 15.2 Å². The molecule has 24 heavy (non-hydrogen) atoms. The van der Waals surface area contributed by atoms with E-state index in [2.05, 4.69) is 0 Å². The van der Waals surface area contributed by atoms with Crippen molar-refractivity contribution in [1.82, 2.24) is 0 Å². The number of rotatable bonds is 5. The maximum atomic E-state index is 12.5. The predicted octanol–water partition coefficient (Wildman–Crippen LogP) is 4.24. The van der Waals surface area contributed by atoms with E-state index in [1.165, 1.54) is 12.1 Å². The summed E-state index contributed by atoms with van der Waals surface area (Å²) in [4.78, 5) is 12.5. The fourth-order valence-corrected chi connectivity index (χ4v) is 3.22. The Kier molecular flexibility index (Phi) is 5.52. The van der Waals surface area contributed by atoms with Crippen LogP contribution in [0.4, 0.5) is 18.9 Å². The Morgan fingerprint density at radius 2 is 1.96 bits per heavy atom. The van der Waals surface area contributed by atoms with E-state index in [-0.39, 0.29) is 23.1 Å². The molecule has 1 aromatic carbocycles. The number of ether oxygens (including phenoxy) is 2. The Morgan fingerprint density at radius 1 is 1.33 bits per heavy atom. The molecule has 0 spiro atoms. The Balaban J connectivity index is 2.41. The highest BCUT2D eigenvalue weighted by Gasteiger charge is 2.44. The van der Waals surface area contributed by atoms with Gasteiger partial charge in [0.05, 0.1) is 22.7 Å². The zero-order chi connectivity index (χ0) is 18.0. The number of nitrogens with two attached hydrogens (primary N) is 1. The van der Waals surface area contributed by atoms with Gasteiger partial charge in [-0.25, -0.2) is 0 Å². The van der Waals surface area contributed by atoms with Gasteiger partial charge in [-0.1, -0.05) is 24.4 Å². The number of hydrogen-bond donors (Lipinski definition) is 1. The van der Waals surface area contributed by atoms with Crippen LogP contribution in [0, 0.1) is 0 Å². The molecule has 0 bridgehead atoms. The molecule has 0 heterocycles. The number of carbonyl (C=O) groups is 1. The third kappa shape index (κ3) is 3.88. The molecule has 1 aliphatic carbocycles. The summed E-state index contributed by atoms with van der Waals surface area (Å²) in [5, 5.41) is 0.0558. The highest BCUT2D eigenvalue weighted by Crippen LogP contribution is 2.45. The Morgan fingerprint density at radius 3 is 2.50 bits per heavy atom. The molecule has 1 aliphatic rings. The number of nitrogen functional groups attached to an aromatic ring is 1. The standard InChI is InChI=1S/C16H19ClF3NO3/c1-2-23-14(22)15(5-3-4-6-15)10-7-11(17)13(21)12(8-10)24-9-16(18,19)20/h7-8H,2-6,9,21H2,1H3. The summed E-state index contributed by atoms with van der Waals surface area (Å²) in [5.74, 6) is -0.574. The van der Waals surface area contributed by atoms with Crippen molar-refractivity contribution in [2.75, 3.05) is 18.9 Å². The van der Waals surface area contributed by atoms with Crippen molar-refractivity contribution in [1.29, 1.82) is 0 Å². The molecular weight excluding hydrogens is 347 g/mol. The molecule has 2 N–H and O–H groups in total. The summed E-state index contributed by atoms with van der Waals surface area (Å²) in [7, 11) is 0. The summed E-state index contributed by atoms with van der Waals surface area (Å²) < 4.78 is 47.2. The van der Waals surface area contributed by atoms with E-state index in [1.54, 1.807) is 6.92 Å². The second-order valence-corrected chi connectivity index (χ2v) is 6.19. The average molecular weight is 366 g/mol. The highest BCUT2D eigenvalue weighted by molar-refractivity contribution is 6.33. The van der Waals surface area contributed by atoms with E-state index < -0.39 is 24.2 Å². The summed E-state index contributed by atoms with van der Waals surface area (Å²) in [5.41, 5.74) is 5.20. The highest BCUT2D eigenvalue weighted by atomic mass is 35.5. The van der Waals surface area contributed by atoms with Crippen molar-refractivity contribution in [3.8, 4) is 5.75 Å². The van der Waals surface area contributed by atoms with Gasteiger partial charge in [-0.05, 0) is 37.5 Å². The molecule has 1 fully saturated rings. The zero-order valence-corrected chi connectivity index (χ0v) is 14.0. The van der Waals surface area contributed by atoms with Gasteiger partial charge in [-0.15, -0.1) is 0 Å². The lowest BCUT2D eigenvalue weighted by atomic mass is 9.78. The van der Waals surface area contributed by atoms with E-state index in [0.29, 0.717) is 18.4 Å². The van der Waals surface area contributed by atoms with Crippen molar-refractivity contribution < 1.29 is 27.4 Å². The van der Waals surface area contributed by atoms with Crippen LogP contribution in [0.1, 0.15) is 38.2 Å². The Labute approximate surface area is 143 Å². The van der Waals surface area contributed by atoms with Crippen molar-refractivity contribution in [3.63, 3.8) is 0 Å². The van der Waals surface area contributed by atoms with Crippen LogP contribution in [-0.4, -0.2) is 25.4 Å². The maximum absolute atomic E-state index is 12.5. The topological polar surface area (TPSA) is 61.5 Å². The minimum absolute atomic E-state index is 0.0558. The number of anilines is 1. The second kappa shape index (κ2) is 7.09. The molecule has 0 amide bonds. The van der Waals surface area contributed by atoms with Gasteiger partial charge in [0.2, 0.25) is 0 Å². The van der Waals surface area contributed by atoms with Crippen LogP contribution in [0.2, 0.25) is 5.02 Å². The number of hydrogen-bond acceptors (Lipinski definition) is 4. The lowest BCUT2D eigenvalue weighted by molar-refractivity contribution is -0.153. The number of benzene rings is 1.